The van der Waals surface area contributed by atoms with Gasteiger partial charge >= 0.3 is 12.4 Å². The van der Waals surface area contributed by atoms with Crippen LogP contribution in [0.1, 0.15) is 6.92 Å². The van der Waals surface area contributed by atoms with Crippen LogP contribution >= 0.6 is 0 Å². The van der Waals surface area contributed by atoms with Crippen molar-refractivity contribution >= 4 is 0 Å². The lowest BCUT2D eigenvalue weighted by Crippen LogP contribution is -2.42. The number of hydrogen-bond donors (Lipinski definition) is 1. The summed E-state index contributed by atoms with van der Waals surface area (Å²) >= 11 is 0. The second-order valence-corrected chi connectivity index (χ2v) is 2.53. The molecule has 1 aliphatic rings. The van der Waals surface area contributed by atoms with Gasteiger partial charge in [-0.2, -0.15) is 0 Å². The van der Waals surface area contributed by atoms with E-state index in [0.29, 0.717) is 6.67 Å². The number of nitrogens with one attached hydrogen (secondary N) is 1. The van der Waals surface area contributed by atoms with E-state index < -0.39 is 0 Å². The molecular formula is C6H9N4+. The first-order valence-electron chi connectivity index (χ1n) is 3.16. The zero-order valence-corrected chi connectivity index (χ0v) is 5.83. The average Bonchev–Trinajstić information content (AvgIpc) is 2.32. The number of nitriles is 2. The van der Waals surface area contributed by atoms with Crippen LogP contribution in [-0.4, -0.2) is 23.7 Å². The van der Waals surface area contributed by atoms with Crippen LogP contribution in [-0.2, 0) is 0 Å². The molecule has 1 rings (SSSR count). The van der Waals surface area contributed by atoms with Gasteiger partial charge in [0.2, 0.25) is 0 Å². The van der Waals surface area contributed by atoms with Crippen molar-refractivity contribution in [1.29, 1.82) is 10.5 Å². The molecule has 0 amide bonds. The van der Waals surface area contributed by atoms with Crippen molar-refractivity contribution < 1.29 is 4.48 Å². The molecule has 0 aliphatic carbocycles. The van der Waals surface area contributed by atoms with Crippen molar-refractivity contribution in [3.05, 3.63) is 0 Å². The molecule has 0 spiro atoms. The highest BCUT2D eigenvalue weighted by Crippen LogP contribution is 2.13. The normalized spacial score (nSPS) is 28.9. The molecule has 0 radical (unpaired) electrons. The van der Waals surface area contributed by atoms with Crippen molar-refractivity contribution in [2.75, 3.05) is 13.2 Å². The predicted octanol–water partition coefficient (Wildman–Crippen LogP) is -0.285. The molecule has 1 saturated heterocycles. The van der Waals surface area contributed by atoms with Crippen molar-refractivity contribution in [2.24, 2.45) is 0 Å². The van der Waals surface area contributed by atoms with Gasteiger partial charge in [0.05, 0.1) is 6.54 Å². The van der Waals surface area contributed by atoms with E-state index in [1.807, 2.05) is 19.3 Å². The van der Waals surface area contributed by atoms with Gasteiger partial charge < -0.3 is 0 Å². The second kappa shape index (κ2) is 2.26. The standard InChI is InChI=1S/C6H9N4/c1-6-2-9-5-10(6,3-7)4-8/h6,9H,2,5H2,1H3/q+1. The molecule has 0 aromatic heterocycles. The highest BCUT2D eigenvalue weighted by Gasteiger charge is 2.40. The third-order valence-electron chi connectivity index (χ3n) is 1.91. The largest absolute Gasteiger partial charge is 0.326 e. The zero-order chi connectivity index (χ0) is 7.61. The molecule has 52 valence electrons. The third kappa shape index (κ3) is 0.750. The molecule has 1 aliphatic heterocycles. The molecule has 1 heterocycles. The van der Waals surface area contributed by atoms with Crippen LogP contribution in [0.3, 0.4) is 0 Å². The first-order chi connectivity index (χ1) is 4.75. The average molecular weight is 137 g/mol. The van der Waals surface area contributed by atoms with Gasteiger partial charge in [-0.05, 0) is 6.92 Å². The fourth-order valence-electron chi connectivity index (χ4n) is 1.05. The van der Waals surface area contributed by atoms with Gasteiger partial charge in [-0.3, -0.25) is 5.32 Å². The monoisotopic (exact) mass is 137 g/mol. The Kier molecular flexibility index (Phi) is 1.58. The number of rotatable bonds is 0. The Morgan fingerprint density at radius 3 is 2.30 bits per heavy atom. The molecule has 1 unspecified atom stereocenters. The molecule has 0 aromatic rings. The summed E-state index contributed by atoms with van der Waals surface area (Å²) in [6, 6.07) is 0.0926. The van der Waals surface area contributed by atoms with Gasteiger partial charge in [-0.25, -0.2) is 0 Å². The molecule has 1 N–H and O–H groups in total. The first kappa shape index (κ1) is 7.01. The molecule has 0 bridgehead atoms. The Hall–Kier alpha value is -1.10. The minimum absolute atomic E-state index is 0.0926. The van der Waals surface area contributed by atoms with E-state index in [9.17, 15) is 0 Å². The Bertz CT molecular complexity index is 195. The first-order valence-corrected chi connectivity index (χ1v) is 3.16. The third-order valence-corrected chi connectivity index (χ3v) is 1.91. The number of hydrogen-bond acceptors (Lipinski definition) is 3. The topological polar surface area (TPSA) is 59.6 Å². The van der Waals surface area contributed by atoms with Crippen molar-refractivity contribution in [2.45, 2.75) is 13.0 Å². The minimum Gasteiger partial charge on any atom is -0.262 e. The highest BCUT2D eigenvalue weighted by molar-refractivity contribution is 4.79. The van der Waals surface area contributed by atoms with E-state index in [1.165, 1.54) is 0 Å². The highest BCUT2D eigenvalue weighted by atomic mass is 15.5. The molecule has 1 fully saturated rings. The van der Waals surface area contributed by atoms with E-state index >= 15 is 0 Å². The predicted molar refractivity (Wildman–Crippen MR) is 33.8 cm³/mol. The SMILES string of the molecule is CC1CNC[N+]1(C#N)C#N. The summed E-state index contributed by atoms with van der Waals surface area (Å²) in [6.45, 7) is 3.10. The fourth-order valence-corrected chi connectivity index (χ4v) is 1.05. The minimum atomic E-state index is -0.125. The van der Waals surface area contributed by atoms with Crippen molar-refractivity contribution in [1.82, 2.24) is 5.32 Å². The molecule has 0 aromatic carbocycles. The Balaban J connectivity index is 2.87. The summed E-state index contributed by atoms with van der Waals surface area (Å²) in [5.74, 6) is 0. The summed E-state index contributed by atoms with van der Waals surface area (Å²) in [7, 11) is 0. The number of quaternary nitrogens is 1. The second-order valence-electron chi connectivity index (χ2n) is 2.53. The number of nitrogens with zero attached hydrogens (tertiary/aromatic N) is 3. The Morgan fingerprint density at radius 1 is 1.50 bits per heavy atom. The van der Waals surface area contributed by atoms with Crippen LogP contribution in [0.5, 0.6) is 0 Å². The lowest BCUT2D eigenvalue weighted by molar-refractivity contribution is -0.810. The zero-order valence-electron chi connectivity index (χ0n) is 5.83. The maximum atomic E-state index is 8.65. The van der Waals surface area contributed by atoms with E-state index in [0.717, 1.165) is 6.54 Å². The quantitative estimate of drug-likeness (QED) is 0.369. The molecule has 0 saturated carbocycles. The van der Waals surface area contributed by atoms with Crippen molar-refractivity contribution in [3.63, 3.8) is 0 Å². The summed E-state index contributed by atoms with van der Waals surface area (Å²) in [5, 5.41) is 20.3. The lowest BCUT2D eigenvalue weighted by Gasteiger charge is -2.15. The summed E-state index contributed by atoms with van der Waals surface area (Å²) < 4.78 is -0.125. The van der Waals surface area contributed by atoms with Gasteiger partial charge in [-0.15, -0.1) is 15.0 Å². The maximum Gasteiger partial charge on any atom is 0.326 e. The molecule has 4 nitrogen and oxygen atoms in total. The van der Waals surface area contributed by atoms with Crippen LogP contribution in [0.4, 0.5) is 0 Å². The van der Waals surface area contributed by atoms with Crippen LogP contribution < -0.4 is 5.32 Å². The van der Waals surface area contributed by atoms with E-state index in [2.05, 4.69) is 5.32 Å². The Labute approximate surface area is 59.9 Å². The molecule has 1 atom stereocenters. The maximum absolute atomic E-state index is 8.65. The van der Waals surface area contributed by atoms with Gasteiger partial charge in [0, 0.05) is 0 Å². The van der Waals surface area contributed by atoms with E-state index in [-0.39, 0.29) is 10.5 Å². The summed E-state index contributed by atoms with van der Waals surface area (Å²) in [6.07, 6.45) is 3.98. The van der Waals surface area contributed by atoms with E-state index in [4.69, 9.17) is 10.5 Å². The summed E-state index contributed by atoms with van der Waals surface area (Å²) in [4.78, 5) is 0. The molecule has 10 heavy (non-hydrogen) atoms. The summed E-state index contributed by atoms with van der Waals surface area (Å²) in [5.41, 5.74) is 0. The van der Waals surface area contributed by atoms with Gasteiger partial charge in [-0.1, -0.05) is 0 Å². The van der Waals surface area contributed by atoms with Crippen LogP contribution in [0.25, 0.3) is 0 Å². The van der Waals surface area contributed by atoms with Gasteiger partial charge in [0.1, 0.15) is 6.04 Å². The van der Waals surface area contributed by atoms with Crippen LogP contribution in [0.15, 0.2) is 0 Å². The molecular weight excluding hydrogens is 128 g/mol. The smallest absolute Gasteiger partial charge is 0.262 e. The van der Waals surface area contributed by atoms with Crippen LogP contribution in [0.2, 0.25) is 0 Å². The van der Waals surface area contributed by atoms with Gasteiger partial charge in [0.15, 0.2) is 6.67 Å². The van der Waals surface area contributed by atoms with E-state index in [1.54, 1.807) is 0 Å². The van der Waals surface area contributed by atoms with Crippen LogP contribution in [0, 0.1) is 22.9 Å². The lowest BCUT2D eigenvalue weighted by atomic mass is 10.3. The van der Waals surface area contributed by atoms with Crippen molar-refractivity contribution in [3.8, 4) is 12.4 Å². The molecule has 4 heteroatoms. The fraction of sp³-hybridized carbons (Fsp3) is 0.667. The van der Waals surface area contributed by atoms with Gasteiger partial charge in [0.25, 0.3) is 0 Å². The Morgan fingerprint density at radius 2 is 2.10 bits per heavy atom.